The maximum absolute atomic E-state index is 12.1. The van der Waals surface area contributed by atoms with Gasteiger partial charge in [0.05, 0.1) is 5.69 Å². The van der Waals surface area contributed by atoms with Gasteiger partial charge in [0.2, 0.25) is 5.91 Å². The number of halogens is 1. The first-order valence-electron chi connectivity index (χ1n) is 7.75. The number of hydrogen-bond donors (Lipinski definition) is 1. The standard InChI is InChI=1S/C18H23ClN4O/c1-13-16(18(19)23(4)21-13)9-10-17(24)20-11-14-7-5-6-8-15(14)12-22(2)3/h5-10H,11-12H2,1-4H3,(H,20,24)/b10-9-. The fourth-order valence-corrected chi connectivity index (χ4v) is 2.70. The van der Waals surface area contributed by atoms with Crippen molar-refractivity contribution in [1.82, 2.24) is 20.0 Å². The van der Waals surface area contributed by atoms with Gasteiger partial charge >= 0.3 is 0 Å². The fourth-order valence-electron chi connectivity index (χ4n) is 2.46. The van der Waals surface area contributed by atoms with Crippen molar-refractivity contribution in [2.45, 2.75) is 20.0 Å². The molecule has 1 aromatic carbocycles. The Hall–Kier alpha value is -2.11. The summed E-state index contributed by atoms with van der Waals surface area (Å²) in [5, 5.41) is 7.65. The average molecular weight is 347 g/mol. The second-order valence-electron chi connectivity index (χ2n) is 5.97. The number of aryl methyl sites for hydroxylation is 2. The number of carbonyl (C=O) groups excluding carboxylic acids is 1. The number of rotatable bonds is 6. The Labute approximate surface area is 147 Å². The molecule has 0 radical (unpaired) electrons. The Bertz CT molecular complexity index is 749. The number of nitrogens with one attached hydrogen (secondary N) is 1. The number of aromatic nitrogens is 2. The third kappa shape index (κ3) is 4.69. The van der Waals surface area contributed by atoms with Crippen LogP contribution in [0, 0.1) is 6.92 Å². The molecule has 24 heavy (non-hydrogen) atoms. The second-order valence-corrected chi connectivity index (χ2v) is 6.33. The fraction of sp³-hybridized carbons (Fsp3) is 0.333. The molecule has 0 aliphatic carbocycles. The van der Waals surface area contributed by atoms with Crippen molar-refractivity contribution in [3.8, 4) is 0 Å². The first-order chi connectivity index (χ1) is 11.4. The zero-order valence-corrected chi connectivity index (χ0v) is 15.3. The zero-order chi connectivity index (χ0) is 17.7. The Balaban J connectivity index is 2.00. The summed E-state index contributed by atoms with van der Waals surface area (Å²) in [6, 6.07) is 8.10. The van der Waals surface area contributed by atoms with Crippen LogP contribution in [0.15, 0.2) is 30.3 Å². The van der Waals surface area contributed by atoms with Gasteiger partial charge in [0.1, 0.15) is 5.15 Å². The van der Waals surface area contributed by atoms with E-state index in [4.69, 9.17) is 11.6 Å². The molecular formula is C18H23ClN4O. The lowest BCUT2D eigenvalue weighted by Gasteiger charge is -2.14. The van der Waals surface area contributed by atoms with Crippen molar-refractivity contribution < 1.29 is 4.79 Å². The van der Waals surface area contributed by atoms with Crippen molar-refractivity contribution in [1.29, 1.82) is 0 Å². The lowest BCUT2D eigenvalue weighted by molar-refractivity contribution is -0.116. The summed E-state index contributed by atoms with van der Waals surface area (Å²) in [5.41, 5.74) is 3.88. The predicted octanol–water partition coefficient (Wildman–Crippen LogP) is 2.77. The molecule has 1 N–H and O–H groups in total. The maximum Gasteiger partial charge on any atom is 0.244 e. The van der Waals surface area contributed by atoms with Crippen LogP contribution < -0.4 is 5.32 Å². The summed E-state index contributed by atoms with van der Waals surface area (Å²) in [6.45, 7) is 3.19. The van der Waals surface area contributed by atoms with Crippen LogP contribution in [-0.4, -0.2) is 34.7 Å². The summed E-state index contributed by atoms with van der Waals surface area (Å²) < 4.78 is 1.59. The van der Waals surface area contributed by atoms with Crippen LogP contribution in [0.1, 0.15) is 22.4 Å². The minimum atomic E-state index is -0.158. The second kappa shape index (κ2) is 8.13. The van der Waals surface area contributed by atoms with E-state index in [0.29, 0.717) is 11.7 Å². The Morgan fingerprint density at radius 3 is 2.58 bits per heavy atom. The molecule has 0 fully saturated rings. The summed E-state index contributed by atoms with van der Waals surface area (Å²) in [6.07, 6.45) is 3.19. The molecule has 128 valence electrons. The highest BCUT2D eigenvalue weighted by molar-refractivity contribution is 6.31. The SMILES string of the molecule is Cc1nn(C)c(Cl)c1/C=C\C(=O)NCc1ccccc1CN(C)C. The smallest absolute Gasteiger partial charge is 0.244 e. The Morgan fingerprint density at radius 2 is 2.00 bits per heavy atom. The number of carbonyl (C=O) groups is 1. The van der Waals surface area contributed by atoms with E-state index in [-0.39, 0.29) is 5.91 Å². The van der Waals surface area contributed by atoms with Crippen molar-refractivity contribution in [2.24, 2.45) is 7.05 Å². The van der Waals surface area contributed by atoms with Crippen LogP contribution in [0.4, 0.5) is 0 Å². The van der Waals surface area contributed by atoms with Gasteiger partial charge < -0.3 is 10.2 Å². The lowest BCUT2D eigenvalue weighted by Crippen LogP contribution is -2.22. The summed E-state index contributed by atoms with van der Waals surface area (Å²) in [4.78, 5) is 14.2. The van der Waals surface area contributed by atoms with Crippen LogP contribution in [0.25, 0.3) is 6.08 Å². The number of nitrogens with zero attached hydrogens (tertiary/aromatic N) is 3. The van der Waals surface area contributed by atoms with Crippen molar-refractivity contribution in [3.05, 3.63) is 57.9 Å². The molecule has 0 atom stereocenters. The predicted molar refractivity (Wildman–Crippen MR) is 97.7 cm³/mol. The average Bonchev–Trinajstić information content (AvgIpc) is 2.76. The van der Waals surface area contributed by atoms with Crippen LogP contribution in [0.5, 0.6) is 0 Å². The van der Waals surface area contributed by atoms with Gasteiger partial charge in [0.15, 0.2) is 0 Å². The van der Waals surface area contributed by atoms with E-state index in [2.05, 4.69) is 21.4 Å². The first kappa shape index (κ1) is 18.2. The highest BCUT2D eigenvalue weighted by Gasteiger charge is 2.09. The quantitative estimate of drug-likeness (QED) is 0.818. The first-order valence-corrected chi connectivity index (χ1v) is 8.12. The normalized spacial score (nSPS) is 11.4. The molecule has 0 spiro atoms. The van der Waals surface area contributed by atoms with Crippen molar-refractivity contribution >= 4 is 23.6 Å². The molecule has 5 nitrogen and oxygen atoms in total. The topological polar surface area (TPSA) is 50.2 Å². The van der Waals surface area contributed by atoms with E-state index in [1.807, 2.05) is 39.2 Å². The molecule has 0 saturated carbocycles. The third-order valence-electron chi connectivity index (χ3n) is 3.66. The van der Waals surface area contributed by atoms with Crippen LogP contribution in [-0.2, 0) is 24.9 Å². The van der Waals surface area contributed by atoms with Crippen LogP contribution in [0.3, 0.4) is 0 Å². The molecular weight excluding hydrogens is 324 g/mol. The van der Waals surface area contributed by atoms with Gasteiger partial charge in [-0.25, -0.2) is 0 Å². The van der Waals surface area contributed by atoms with Gasteiger partial charge in [-0.2, -0.15) is 5.10 Å². The minimum Gasteiger partial charge on any atom is -0.348 e. The Kier molecular flexibility index (Phi) is 6.17. The molecule has 2 rings (SSSR count). The number of benzene rings is 1. The summed E-state index contributed by atoms with van der Waals surface area (Å²) >= 11 is 6.15. The molecule has 0 saturated heterocycles. The molecule has 6 heteroatoms. The van der Waals surface area contributed by atoms with E-state index in [1.54, 1.807) is 17.8 Å². The molecule has 0 unspecified atom stereocenters. The molecule has 0 aliphatic heterocycles. The van der Waals surface area contributed by atoms with E-state index in [1.165, 1.54) is 11.6 Å². The van der Waals surface area contributed by atoms with Crippen LogP contribution >= 0.6 is 11.6 Å². The summed E-state index contributed by atoms with van der Waals surface area (Å²) in [5.74, 6) is -0.158. The third-order valence-corrected chi connectivity index (χ3v) is 4.10. The monoisotopic (exact) mass is 346 g/mol. The van der Waals surface area contributed by atoms with Crippen LogP contribution in [0.2, 0.25) is 5.15 Å². The van der Waals surface area contributed by atoms with Gasteiger partial charge in [0, 0.05) is 31.8 Å². The highest BCUT2D eigenvalue weighted by atomic mass is 35.5. The Morgan fingerprint density at radius 1 is 1.33 bits per heavy atom. The van der Waals surface area contributed by atoms with E-state index in [0.717, 1.165) is 23.4 Å². The molecule has 1 aromatic heterocycles. The minimum absolute atomic E-state index is 0.158. The highest BCUT2D eigenvalue weighted by Crippen LogP contribution is 2.19. The molecule has 0 aliphatic rings. The number of amides is 1. The van der Waals surface area contributed by atoms with Crippen molar-refractivity contribution in [3.63, 3.8) is 0 Å². The summed E-state index contributed by atoms with van der Waals surface area (Å²) in [7, 11) is 5.82. The van der Waals surface area contributed by atoms with Gasteiger partial charge in [-0.05, 0) is 38.2 Å². The zero-order valence-electron chi connectivity index (χ0n) is 14.5. The molecule has 0 bridgehead atoms. The molecule has 2 aromatic rings. The van der Waals surface area contributed by atoms with Gasteiger partial charge in [0.25, 0.3) is 0 Å². The van der Waals surface area contributed by atoms with E-state index >= 15 is 0 Å². The van der Waals surface area contributed by atoms with Gasteiger partial charge in [-0.15, -0.1) is 0 Å². The maximum atomic E-state index is 12.1. The lowest BCUT2D eigenvalue weighted by atomic mass is 10.1. The molecule has 1 amide bonds. The number of hydrogen-bond acceptors (Lipinski definition) is 3. The largest absolute Gasteiger partial charge is 0.348 e. The van der Waals surface area contributed by atoms with Gasteiger partial charge in [-0.3, -0.25) is 9.48 Å². The molecule has 1 heterocycles. The van der Waals surface area contributed by atoms with Gasteiger partial charge in [-0.1, -0.05) is 35.9 Å². The van der Waals surface area contributed by atoms with E-state index < -0.39 is 0 Å². The van der Waals surface area contributed by atoms with E-state index in [9.17, 15) is 4.79 Å². The van der Waals surface area contributed by atoms with Crippen molar-refractivity contribution in [2.75, 3.05) is 14.1 Å².